The van der Waals surface area contributed by atoms with E-state index in [9.17, 15) is 0 Å². The van der Waals surface area contributed by atoms with E-state index in [1.165, 1.54) is 27.7 Å². The number of anilines is 3. The third-order valence-electron chi connectivity index (χ3n) is 9.12. The normalized spacial score (nSPS) is 12.4. The summed E-state index contributed by atoms with van der Waals surface area (Å²) < 4.78 is 8.87. The Morgan fingerprint density at radius 2 is 1.13 bits per heavy atom. The second-order valence-electron chi connectivity index (χ2n) is 11.5. The summed E-state index contributed by atoms with van der Waals surface area (Å²) in [5, 5.41) is 4.36. The number of rotatable bonds is 2. The Balaban J connectivity index is 1.43. The molecule has 0 radical (unpaired) electrons. The summed E-state index contributed by atoms with van der Waals surface area (Å²) in [6.07, 6.45) is 0. The van der Waals surface area contributed by atoms with Crippen LogP contribution in [-0.2, 0) is 0 Å². The molecule has 0 spiro atoms. The van der Waals surface area contributed by atoms with Gasteiger partial charge >= 0.3 is 0 Å². The maximum absolute atomic E-state index is 6.44. The average molecular weight is 576 g/mol. The number of aromatic nitrogens is 2. The highest BCUT2D eigenvalue weighted by Gasteiger charge is 2.33. The minimum absolute atomic E-state index is 0.640. The number of hydrogen-bond donors (Lipinski definition) is 0. The van der Waals surface area contributed by atoms with Crippen LogP contribution in [0.15, 0.2) is 156 Å². The van der Waals surface area contributed by atoms with Gasteiger partial charge in [0, 0.05) is 38.5 Å². The molecule has 0 saturated carbocycles. The van der Waals surface area contributed by atoms with Crippen LogP contribution in [-0.4, -0.2) is 9.55 Å². The molecule has 4 heterocycles. The molecule has 1 aliphatic heterocycles. The van der Waals surface area contributed by atoms with Gasteiger partial charge < -0.3 is 13.9 Å². The van der Waals surface area contributed by atoms with Crippen molar-refractivity contribution in [2.24, 2.45) is 0 Å². The number of furan rings is 1. The molecule has 0 N–H and O–H groups in total. The van der Waals surface area contributed by atoms with Crippen molar-refractivity contribution < 1.29 is 4.42 Å². The third-order valence-corrected chi connectivity index (χ3v) is 9.12. The first-order valence-corrected chi connectivity index (χ1v) is 15.2. The van der Waals surface area contributed by atoms with Crippen LogP contribution >= 0.6 is 0 Å². The van der Waals surface area contributed by atoms with Crippen molar-refractivity contribution in [2.45, 2.75) is 0 Å². The van der Waals surface area contributed by atoms with Gasteiger partial charge in [0.25, 0.3) is 0 Å². The molecule has 0 atom stereocenters. The smallest absolute Gasteiger partial charge is 0.230 e. The lowest BCUT2D eigenvalue weighted by atomic mass is 9.98. The molecule has 1 aliphatic rings. The largest absolute Gasteiger partial charge is 0.438 e. The summed E-state index contributed by atoms with van der Waals surface area (Å²) in [5.41, 5.74) is 12.7. The zero-order valence-electron chi connectivity index (χ0n) is 24.2. The molecular formula is C41H25N3O. The number of nitrogens with zero attached hydrogens (tertiary/aromatic N) is 3. The zero-order chi connectivity index (χ0) is 29.5. The molecule has 210 valence electrons. The highest BCUT2D eigenvalue weighted by atomic mass is 16.3. The fraction of sp³-hybridized carbons (Fsp3) is 0. The summed E-state index contributed by atoms with van der Waals surface area (Å²) in [4.78, 5) is 7.48. The van der Waals surface area contributed by atoms with Crippen LogP contribution < -0.4 is 4.90 Å². The van der Waals surface area contributed by atoms with Crippen molar-refractivity contribution in [3.8, 4) is 28.1 Å². The fourth-order valence-corrected chi connectivity index (χ4v) is 7.32. The molecule has 3 aromatic heterocycles. The van der Waals surface area contributed by atoms with Gasteiger partial charge in [-0.05, 0) is 42.5 Å². The molecule has 4 nitrogen and oxygen atoms in total. The molecule has 45 heavy (non-hydrogen) atoms. The van der Waals surface area contributed by atoms with Gasteiger partial charge in [-0.1, -0.05) is 109 Å². The van der Waals surface area contributed by atoms with Gasteiger partial charge in [0.15, 0.2) is 0 Å². The van der Waals surface area contributed by atoms with E-state index in [0.29, 0.717) is 5.71 Å². The van der Waals surface area contributed by atoms with Crippen molar-refractivity contribution in [1.29, 1.82) is 0 Å². The Kier molecular flexibility index (Phi) is 4.96. The minimum Gasteiger partial charge on any atom is -0.438 e. The molecule has 0 aliphatic carbocycles. The second-order valence-corrected chi connectivity index (χ2v) is 11.5. The van der Waals surface area contributed by atoms with Gasteiger partial charge in [-0.2, -0.15) is 0 Å². The van der Waals surface area contributed by atoms with E-state index in [2.05, 4.69) is 143 Å². The van der Waals surface area contributed by atoms with E-state index >= 15 is 0 Å². The van der Waals surface area contributed by atoms with Gasteiger partial charge in [-0.15, -0.1) is 0 Å². The minimum atomic E-state index is 0.640. The Hall–Kier alpha value is -6.13. The van der Waals surface area contributed by atoms with Crippen LogP contribution in [0.2, 0.25) is 0 Å². The number of pyridine rings is 1. The van der Waals surface area contributed by atoms with Crippen LogP contribution in [0.4, 0.5) is 17.1 Å². The molecule has 0 fully saturated rings. The lowest BCUT2D eigenvalue weighted by molar-refractivity contribution is 0.656. The first-order valence-electron chi connectivity index (χ1n) is 15.2. The van der Waals surface area contributed by atoms with E-state index in [1.807, 2.05) is 18.2 Å². The standard InChI is InChI=1S/C41H25N3O/c1-2-14-26(15-3-1)43-33-22-10-5-17-28(33)37-29-18-6-11-23-34(29)44(35-24-12-7-19-30(35)40(37)43)39-27-16-4-9-21-32(27)42-41-38(39)31-20-8-13-25-36(31)45-41/h1-25H. The van der Waals surface area contributed by atoms with Crippen LogP contribution in [0, 0.1) is 0 Å². The van der Waals surface area contributed by atoms with Gasteiger partial charge in [0.2, 0.25) is 5.71 Å². The summed E-state index contributed by atoms with van der Waals surface area (Å²) >= 11 is 0. The van der Waals surface area contributed by atoms with E-state index in [0.717, 1.165) is 55.6 Å². The van der Waals surface area contributed by atoms with Crippen molar-refractivity contribution in [1.82, 2.24) is 9.55 Å². The Bertz CT molecular complexity index is 2610. The SMILES string of the molecule is c1ccc(-n2c3c(c4ccccc42)-c2ccccc2N(c2c4ccccc4nc4oc5ccccc5c24)c2ccccc2-3)cc1. The zero-order valence-corrected chi connectivity index (χ0v) is 24.2. The highest BCUT2D eigenvalue weighted by molar-refractivity contribution is 6.22. The van der Waals surface area contributed by atoms with Gasteiger partial charge in [0.1, 0.15) is 5.58 Å². The molecule has 0 saturated heterocycles. The quantitative estimate of drug-likeness (QED) is 0.206. The molecule has 9 aromatic rings. The number of hydrogen-bond acceptors (Lipinski definition) is 3. The van der Waals surface area contributed by atoms with Crippen molar-refractivity contribution in [3.05, 3.63) is 152 Å². The van der Waals surface area contributed by atoms with Crippen molar-refractivity contribution >= 4 is 60.9 Å². The summed E-state index contributed by atoms with van der Waals surface area (Å²) in [6, 6.07) is 53.7. The summed E-state index contributed by atoms with van der Waals surface area (Å²) in [5.74, 6) is 0. The topological polar surface area (TPSA) is 34.2 Å². The average Bonchev–Trinajstić information content (AvgIpc) is 3.61. The van der Waals surface area contributed by atoms with Crippen LogP contribution in [0.3, 0.4) is 0 Å². The lowest BCUT2D eigenvalue weighted by Gasteiger charge is -2.29. The highest BCUT2D eigenvalue weighted by Crippen LogP contribution is 2.56. The van der Waals surface area contributed by atoms with Crippen LogP contribution in [0.1, 0.15) is 0 Å². The Labute approximate surface area is 259 Å². The van der Waals surface area contributed by atoms with Crippen molar-refractivity contribution in [2.75, 3.05) is 4.90 Å². The van der Waals surface area contributed by atoms with Crippen LogP contribution in [0.25, 0.3) is 71.9 Å². The molecular weight excluding hydrogens is 550 g/mol. The van der Waals surface area contributed by atoms with Gasteiger partial charge in [-0.25, -0.2) is 4.98 Å². The van der Waals surface area contributed by atoms with Crippen molar-refractivity contribution in [3.63, 3.8) is 0 Å². The number of para-hydroxylation sites is 6. The monoisotopic (exact) mass is 575 g/mol. The second kappa shape index (κ2) is 9.18. The van der Waals surface area contributed by atoms with E-state index in [4.69, 9.17) is 9.40 Å². The fourth-order valence-electron chi connectivity index (χ4n) is 7.32. The first kappa shape index (κ1) is 24.3. The van der Waals surface area contributed by atoms with E-state index < -0.39 is 0 Å². The predicted molar refractivity (Wildman–Crippen MR) is 185 cm³/mol. The molecule has 0 unspecified atom stereocenters. The van der Waals surface area contributed by atoms with Crippen LogP contribution in [0.5, 0.6) is 0 Å². The predicted octanol–water partition coefficient (Wildman–Crippen LogP) is 11.2. The van der Waals surface area contributed by atoms with Gasteiger partial charge in [-0.3, -0.25) is 0 Å². The maximum Gasteiger partial charge on any atom is 0.230 e. The lowest BCUT2D eigenvalue weighted by Crippen LogP contribution is -2.12. The maximum atomic E-state index is 6.44. The summed E-state index contributed by atoms with van der Waals surface area (Å²) in [7, 11) is 0. The molecule has 0 bridgehead atoms. The molecule has 4 heteroatoms. The first-order chi connectivity index (χ1) is 22.4. The van der Waals surface area contributed by atoms with Gasteiger partial charge in [0.05, 0.1) is 39.2 Å². The molecule has 10 rings (SSSR count). The number of fused-ring (bicyclic) bond motifs is 11. The van der Waals surface area contributed by atoms with E-state index in [1.54, 1.807) is 0 Å². The molecule has 6 aromatic carbocycles. The Morgan fingerprint density at radius 3 is 1.98 bits per heavy atom. The van der Waals surface area contributed by atoms with E-state index in [-0.39, 0.29) is 0 Å². The molecule has 0 amide bonds. The third kappa shape index (κ3) is 3.34. The summed E-state index contributed by atoms with van der Waals surface area (Å²) in [6.45, 7) is 0. The Morgan fingerprint density at radius 1 is 0.511 bits per heavy atom. The number of benzene rings is 6.